The lowest BCUT2D eigenvalue weighted by Gasteiger charge is -2.13. The minimum atomic E-state index is -3.11. The molecule has 0 saturated heterocycles. The fourth-order valence-electron chi connectivity index (χ4n) is 0.575. The Morgan fingerprint density at radius 1 is 1.45 bits per heavy atom. The molecule has 4 nitrogen and oxygen atoms in total. The van der Waals surface area contributed by atoms with E-state index in [0.29, 0.717) is 6.61 Å². The summed E-state index contributed by atoms with van der Waals surface area (Å²) in [6, 6.07) is 0. The van der Waals surface area contributed by atoms with Crippen molar-refractivity contribution in [1.29, 1.82) is 0 Å². The van der Waals surface area contributed by atoms with Gasteiger partial charge in [0.1, 0.15) is 0 Å². The highest BCUT2D eigenvalue weighted by Gasteiger charge is 2.23. The molecule has 0 bridgehead atoms. The maximum atomic E-state index is 11.3. The van der Waals surface area contributed by atoms with Gasteiger partial charge in [0.15, 0.2) is 0 Å². The van der Waals surface area contributed by atoms with Crippen molar-refractivity contribution in [1.82, 2.24) is 0 Å². The van der Waals surface area contributed by atoms with Gasteiger partial charge in [-0.1, -0.05) is 6.92 Å². The normalized spacial score (nSPS) is 15.5. The van der Waals surface area contributed by atoms with E-state index in [1.165, 1.54) is 6.92 Å². The standard InChI is InChI=1S/C6H13O4P/c1-4-9-11(8,5-2)10-6(3)7/h4-5H2,1-3H3. The smallest absolute Gasteiger partial charge is 0.381 e. The van der Waals surface area contributed by atoms with Crippen LogP contribution < -0.4 is 0 Å². The van der Waals surface area contributed by atoms with E-state index in [-0.39, 0.29) is 6.16 Å². The van der Waals surface area contributed by atoms with Crippen LogP contribution in [0.3, 0.4) is 0 Å². The lowest BCUT2D eigenvalue weighted by Crippen LogP contribution is -2.02. The first-order valence-electron chi connectivity index (χ1n) is 3.48. The highest BCUT2D eigenvalue weighted by atomic mass is 31.2. The highest BCUT2D eigenvalue weighted by molar-refractivity contribution is 7.54. The Morgan fingerprint density at radius 2 is 2.00 bits per heavy atom. The van der Waals surface area contributed by atoms with Gasteiger partial charge in [-0.3, -0.25) is 4.79 Å². The molecule has 5 heteroatoms. The van der Waals surface area contributed by atoms with E-state index in [2.05, 4.69) is 4.52 Å². The van der Waals surface area contributed by atoms with Crippen LogP contribution in [-0.4, -0.2) is 18.7 Å². The third kappa shape index (κ3) is 4.17. The van der Waals surface area contributed by atoms with Crippen molar-refractivity contribution >= 4 is 13.6 Å². The van der Waals surface area contributed by atoms with Gasteiger partial charge in [-0.05, 0) is 6.92 Å². The zero-order chi connectivity index (χ0) is 8.91. The molecule has 0 spiro atoms. The molecule has 0 saturated carbocycles. The van der Waals surface area contributed by atoms with Crippen molar-refractivity contribution in [2.24, 2.45) is 0 Å². The second-order valence-electron chi connectivity index (χ2n) is 1.93. The quantitative estimate of drug-likeness (QED) is 0.619. The van der Waals surface area contributed by atoms with Gasteiger partial charge in [0.25, 0.3) is 0 Å². The van der Waals surface area contributed by atoms with Crippen molar-refractivity contribution in [2.75, 3.05) is 12.8 Å². The van der Waals surface area contributed by atoms with E-state index in [1.54, 1.807) is 13.8 Å². The molecule has 0 aliphatic rings. The third-order valence-electron chi connectivity index (χ3n) is 0.981. The van der Waals surface area contributed by atoms with Gasteiger partial charge in [-0.25, -0.2) is 4.57 Å². The van der Waals surface area contributed by atoms with Crippen LogP contribution >= 0.6 is 7.60 Å². The first kappa shape index (κ1) is 10.7. The topological polar surface area (TPSA) is 52.6 Å². The minimum Gasteiger partial charge on any atom is -0.392 e. The molecule has 0 amide bonds. The summed E-state index contributed by atoms with van der Waals surface area (Å²) in [6.45, 7) is 4.85. The van der Waals surface area contributed by atoms with Gasteiger partial charge in [0.05, 0.1) is 12.8 Å². The lowest BCUT2D eigenvalue weighted by molar-refractivity contribution is -0.132. The van der Waals surface area contributed by atoms with Crippen molar-refractivity contribution < 1.29 is 18.4 Å². The molecule has 0 rings (SSSR count). The maximum Gasteiger partial charge on any atom is 0.381 e. The number of rotatable bonds is 4. The summed E-state index contributed by atoms with van der Waals surface area (Å²) in [5.41, 5.74) is 0. The number of carbonyl (C=O) groups excluding carboxylic acids is 1. The second-order valence-corrected chi connectivity index (χ2v) is 4.22. The Kier molecular flexibility index (Phi) is 4.38. The van der Waals surface area contributed by atoms with Gasteiger partial charge < -0.3 is 9.05 Å². The van der Waals surface area contributed by atoms with E-state index in [0.717, 1.165) is 0 Å². The van der Waals surface area contributed by atoms with Crippen LogP contribution in [0.2, 0.25) is 0 Å². The first-order chi connectivity index (χ1) is 5.04. The molecular weight excluding hydrogens is 167 g/mol. The zero-order valence-electron chi connectivity index (χ0n) is 6.99. The van der Waals surface area contributed by atoms with Crippen molar-refractivity contribution in [3.05, 3.63) is 0 Å². The Labute approximate surface area is 66.4 Å². The summed E-state index contributed by atoms with van der Waals surface area (Å²) < 4.78 is 20.7. The first-order valence-corrected chi connectivity index (χ1v) is 5.20. The van der Waals surface area contributed by atoms with Crippen LogP contribution in [0.1, 0.15) is 20.8 Å². The van der Waals surface area contributed by atoms with E-state index < -0.39 is 13.6 Å². The molecule has 0 aromatic heterocycles. The van der Waals surface area contributed by atoms with Crippen LogP contribution in [0, 0.1) is 0 Å². The van der Waals surface area contributed by atoms with Crippen LogP contribution in [0.15, 0.2) is 0 Å². The molecule has 66 valence electrons. The average molecular weight is 180 g/mol. The zero-order valence-corrected chi connectivity index (χ0v) is 7.89. The predicted molar refractivity (Wildman–Crippen MR) is 41.5 cm³/mol. The van der Waals surface area contributed by atoms with Crippen LogP contribution in [-0.2, 0) is 18.4 Å². The van der Waals surface area contributed by atoms with Gasteiger partial charge in [0, 0.05) is 6.92 Å². The van der Waals surface area contributed by atoms with E-state index in [9.17, 15) is 9.36 Å². The van der Waals surface area contributed by atoms with Gasteiger partial charge in [-0.2, -0.15) is 0 Å². The van der Waals surface area contributed by atoms with Gasteiger partial charge in [0.2, 0.25) is 0 Å². The van der Waals surface area contributed by atoms with Crippen LogP contribution in [0.25, 0.3) is 0 Å². The van der Waals surface area contributed by atoms with E-state index in [1.807, 2.05) is 0 Å². The molecule has 0 aromatic rings. The van der Waals surface area contributed by atoms with Crippen LogP contribution in [0.4, 0.5) is 0 Å². The fraction of sp³-hybridized carbons (Fsp3) is 0.833. The van der Waals surface area contributed by atoms with Crippen LogP contribution in [0.5, 0.6) is 0 Å². The molecular formula is C6H13O4P. The summed E-state index contributed by atoms with van der Waals surface area (Å²) in [4.78, 5) is 10.4. The molecule has 0 radical (unpaired) electrons. The summed E-state index contributed by atoms with van der Waals surface area (Å²) in [5.74, 6) is -0.566. The van der Waals surface area contributed by atoms with E-state index in [4.69, 9.17) is 4.52 Å². The van der Waals surface area contributed by atoms with Gasteiger partial charge >= 0.3 is 13.6 Å². The number of hydrogen-bond donors (Lipinski definition) is 0. The third-order valence-corrected chi connectivity index (χ3v) is 2.94. The minimum absolute atomic E-state index is 0.223. The summed E-state index contributed by atoms with van der Waals surface area (Å²) in [6.07, 6.45) is 0.223. The Balaban J connectivity index is 4.10. The Hall–Kier alpha value is -0.340. The number of carbonyl (C=O) groups is 1. The largest absolute Gasteiger partial charge is 0.392 e. The Bertz CT molecular complexity index is 177. The summed E-state index contributed by atoms with van der Waals surface area (Å²) in [5, 5.41) is 0. The molecule has 0 aromatic carbocycles. The summed E-state index contributed by atoms with van der Waals surface area (Å²) in [7, 11) is -3.11. The highest BCUT2D eigenvalue weighted by Crippen LogP contribution is 2.47. The predicted octanol–water partition coefficient (Wildman–Crippen LogP) is 1.80. The lowest BCUT2D eigenvalue weighted by atomic mass is 10.9. The number of hydrogen-bond acceptors (Lipinski definition) is 4. The molecule has 0 aliphatic carbocycles. The monoisotopic (exact) mass is 180 g/mol. The molecule has 1 atom stereocenters. The van der Waals surface area contributed by atoms with Crippen molar-refractivity contribution in [3.8, 4) is 0 Å². The van der Waals surface area contributed by atoms with Gasteiger partial charge in [-0.15, -0.1) is 0 Å². The second kappa shape index (κ2) is 4.52. The molecule has 11 heavy (non-hydrogen) atoms. The molecule has 0 heterocycles. The Morgan fingerprint density at radius 3 is 2.27 bits per heavy atom. The van der Waals surface area contributed by atoms with Crippen molar-refractivity contribution in [3.63, 3.8) is 0 Å². The molecule has 0 fully saturated rings. The average Bonchev–Trinajstić information content (AvgIpc) is 1.87. The molecule has 0 aliphatic heterocycles. The summed E-state index contributed by atoms with van der Waals surface area (Å²) >= 11 is 0. The maximum absolute atomic E-state index is 11.3. The molecule has 1 unspecified atom stereocenters. The SMILES string of the molecule is CCOP(=O)(CC)OC(C)=O. The molecule has 0 N–H and O–H groups in total. The van der Waals surface area contributed by atoms with Crippen molar-refractivity contribution in [2.45, 2.75) is 20.8 Å². The van der Waals surface area contributed by atoms with E-state index >= 15 is 0 Å². The fourth-order valence-corrected chi connectivity index (χ4v) is 1.72.